The molecule has 2 heterocycles. The molecule has 128 valence electrons. The predicted octanol–water partition coefficient (Wildman–Crippen LogP) is 1.38. The van der Waals surface area contributed by atoms with E-state index < -0.39 is 23.4 Å². The average molecular weight is 332 g/mol. The Morgan fingerprint density at radius 3 is 2.83 bits per heavy atom. The zero-order chi connectivity index (χ0) is 17.2. The van der Waals surface area contributed by atoms with Gasteiger partial charge in [0, 0.05) is 6.20 Å². The molecule has 8 nitrogen and oxygen atoms in total. The molecular formula is C16H20N4O4. The van der Waals surface area contributed by atoms with Crippen molar-refractivity contribution in [2.24, 2.45) is 0 Å². The number of nitrogens with zero attached hydrogens (tertiary/aromatic N) is 2. The Morgan fingerprint density at radius 1 is 1.38 bits per heavy atom. The first kappa shape index (κ1) is 16.2. The minimum atomic E-state index is -0.875. The number of amides is 4. The molecule has 4 amide bonds. The van der Waals surface area contributed by atoms with Crippen molar-refractivity contribution in [3.8, 4) is 5.88 Å². The van der Waals surface area contributed by atoms with E-state index in [1.54, 1.807) is 13.0 Å². The van der Waals surface area contributed by atoms with Crippen LogP contribution < -0.4 is 15.5 Å². The molecule has 3 rings (SSSR count). The second kappa shape index (κ2) is 6.46. The van der Waals surface area contributed by atoms with Crippen LogP contribution in [0.1, 0.15) is 49.4 Å². The van der Waals surface area contributed by atoms with E-state index >= 15 is 0 Å². The van der Waals surface area contributed by atoms with Crippen LogP contribution in [0, 0.1) is 0 Å². The van der Waals surface area contributed by atoms with Crippen molar-refractivity contribution in [2.45, 2.75) is 44.6 Å². The van der Waals surface area contributed by atoms with E-state index in [1.165, 1.54) is 12.3 Å². The second-order valence-electron chi connectivity index (χ2n) is 5.94. The molecule has 2 aliphatic rings. The standard InChI is InChI=1S/C16H20N4O4/c1-2-24-13-11(7-6-10-17-13)12(21)19-20-14(22)16(18-15(20)23)8-4-3-5-9-16/h6-7,10H,2-5,8-9H2,1H3,(H,18,23)(H,19,21). The molecule has 1 saturated heterocycles. The van der Waals surface area contributed by atoms with Gasteiger partial charge in [-0.25, -0.2) is 9.78 Å². The van der Waals surface area contributed by atoms with Gasteiger partial charge in [-0.2, -0.15) is 5.01 Å². The molecule has 2 fully saturated rings. The molecule has 1 aliphatic carbocycles. The lowest BCUT2D eigenvalue weighted by atomic mass is 9.82. The summed E-state index contributed by atoms with van der Waals surface area (Å²) < 4.78 is 5.31. The fourth-order valence-electron chi connectivity index (χ4n) is 3.19. The van der Waals surface area contributed by atoms with Gasteiger partial charge < -0.3 is 10.1 Å². The number of hydrogen-bond donors (Lipinski definition) is 2. The van der Waals surface area contributed by atoms with Crippen molar-refractivity contribution < 1.29 is 19.1 Å². The highest BCUT2D eigenvalue weighted by Gasteiger charge is 2.52. The van der Waals surface area contributed by atoms with Crippen LogP contribution in [-0.4, -0.2) is 40.0 Å². The van der Waals surface area contributed by atoms with Gasteiger partial charge in [0.2, 0.25) is 5.88 Å². The third kappa shape index (κ3) is 2.79. The fraction of sp³-hybridized carbons (Fsp3) is 0.500. The Kier molecular flexibility index (Phi) is 4.37. The van der Waals surface area contributed by atoms with Crippen LogP contribution in [0.15, 0.2) is 18.3 Å². The number of urea groups is 1. The summed E-state index contributed by atoms with van der Waals surface area (Å²) in [6, 6.07) is 2.52. The molecule has 1 saturated carbocycles. The van der Waals surface area contributed by atoms with Gasteiger partial charge in [0.1, 0.15) is 11.1 Å². The maximum Gasteiger partial charge on any atom is 0.344 e. The van der Waals surface area contributed by atoms with Gasteiger partial charge in [0.05, 0.1) is 6.61 Å². The second-order valence-corrected chi connectivity index (χ2v) is 5.94. The molecule has 1 aromatic heterocycles. The van der Waals surface area contributed by atoms with E-state index in [4.69, 9.17) is 4.74 Å². The molecule has 0 aromatic carbocycles. The van der Waals surface area contributed by atoms with Crippen molar-refractivity contribution in [1.29, 1.82) is 0 Å². The molecule has 0 atom stereocenters. The Hall–Kier alpha value is -2.64. The lowest BCUT2D eigenvalue weighted by Gasteiger charge is -2.30. The van der Waals surface area contributed by atoms with Gasteiger partial charge in [-0.15, -0.1) is 0 Å². The summed E-state index contributed by atoms with van der Waals surface area (Å²) in [7, 11) is 0. The van der Waals surface area contributed by atoms with Crippen LogP contribution in [-0.2, 0) is 4.79 Å². The lowest BCUT2D eigenvalue weighted by Crippen LogP contribution is -2.51. The predicted molar refractivity (Wildman–Crippen MR) is 84.1 cm³/mol. The summed E-state index contributed by atoms with van der Waals surface area (Å²) in [5.74, 6) is -0.845. The third-order valence-corrected chi connectivity index (χ3v) is 4.38. The Labute approximate surface area is 139 Å². The lowest BCUT2D eigenvalue weighted by molar-refractivity contribution is -0.134. The average Bonchev–Trinajstić information content (AvgIpc) is 2.80. The minimum Gasteiger partial charge on any atom is -0.477 e. The molecule has 24 heavy (non-hydrogen) atoms. The first-order chi connectivity index (χ1) is 11.6. The highest BCUT2D eigenvalue weighted by Crippen LogP contribution is 2.33. The summed E-state index contributed by atoms with van der Waals surface area (Å²) >= 11 is 0. The Morgan fingerprint density at radius 2 is 2.12 bits per heavy atom. The van der Waals surface area contributed by atoms with E-state index in [2.05, 4.69) is 15.7 Å². The smallest absolute Gasteiger partial charge is 0.344 e. The van der Waals surface area contributed by atoms with Gasteiger partial charge in [-0.1, -0.05) is 19.3 Å². The molecule has 0 unspecified atom stereocenters. The summed E-state index contributed by atoms with van der Waals surface area (Å²) in [6.07, 6.45) is 5.51. The number of aromatic nitrogens is 1. The van der Waals surface area contributed by atoms with Gasteiger partial charge in [0.25, 0.3) is 11.8 Å². The topological polar surface area (TPSA) is 101 Å². The minimum absolute atomic E-state index is 0.164. The van der Waals surface area contributed by atoms with Gasteiger partial charge in [0.15, 0.2) is 0 Å². The SMILES string of the molecule is CCOc1ncccc1C(=O)NN1C(=O)NC2(CCCCC2)C1=O. The molecule has 1 spiro atoms. The van der Waals surface area contributed by atoms with Crippen molar-refractivity contribution in [2.75, 3.05) is 6.61 Å². The first-order valence-electron chi connectivity index (χ1n) is 8.13. The van der Waals surface area contributed by atoms with Gasteiger partial charge in [-0.3, -0.25) is 15.0 Å². The molecule has 1 aliphatic heterocycles. The molecular weight excluding hydrogens is 312 g/mol. The number of nitrogens with one attached hydrogen (secondary N) is 2. The molecule has 8 heteroatoms. The number of pyridine rings is 1. The first-order valence-corrected chi connectivity index (χ1v) is 8.13. The van der Waals surface area contributed by atoms with E-state index in [9.17, 15) is 14.4 Å². The van der Waals surface area contributed by atoms with E-state index in [-0.39, 0.29) is 11.4 Å². The number of hydrazine groups is 1. The number of imide groups is 1. The number of carbonyl (C=O) groups excluding carboxylic acids is 3. The van der Waals surface area contributed by atoms with Gasteiger partial charge in [-0.05, 0) is 31.9 Å². The Bertz CT molecular complexity index is 670. The van der Waals surface area contributed by atoms with Crippen LogP contribution in [0.2, 0.25) is 0 Å². The van der Waals surface area contributed by atoms with Gasteiger partial charge >= 0.3 is 6.03 Å². The summed E-state index contributed by atoms with van der Waals surface area (Å²) in [5, 5.41) is 3.52. The van der Waals surface area contributed by atoms with Crippen LogP contribution >= 0.6 is 0 Å². The zero-order valence-electron chi connectivity index (χ0n) is 13.5. The quantitative estimate of drug-likeness (QED) is 0.811. The van der Waals surface area contributed by atoms with E-state index in [1.807, 2.05) is 0 Å². The summed E-state index contributed by atoms with van der Waals surface area (Å²) in [6.45, 7) is 2.13. The van der Waals surface area contributed by atoms with Crippen molar-refractivity contribution >= 4 is 17.8 Å². The van der Waals surface area contributed by atoms with Crippen LogP contribution in [0.3, 0.4) is 0 Å². The van der Waals surface area contributed by atoms with E-state index in [0.29, 0.717) is 19.4 Å². The third-order valence-electron chi connectivity index (χ3n) is 4.38. The van der Waals surface area contributed by atoms with Crippen LogP contribution in [0.5, 0.6) is 5.88 Å². The van der Waals surface area contributed by atoms with Crippen molar-refractivity contribution in [3.05, 3.63) is 23.9 Å². The molecule has 1 aromatic rings. The van der Waals surface area contributed by atoms with Crippen molar-refractivity contribution in [1.82, 2.24) is 20.7 Å². The number of hydrogen-bond acceptors (Lipinski definition) is 5. The maximum atomic E-state index is 12.7. The summed E-state index contributed by atoms with van der Waals surface area (Å²) in [5.41, 5.74) is 1.67. The number of carbonyl (C=O) groups is 3. The number of ether oxygens (including phenoxy) is 1. The maximum absolute atomic E-state index is 12.7. The highest BCUT2D eigenvalue weighted by molar-refractivity contribution is 6.09. The van der Waals surface area contributed by atoms with Crippen LogP contribution in [0.4, 0.5) is 4.79 Å². The zero-order valence-corrected chi connectivity index (χ0v) is 13.5. The molecule has 0 bridgehead atoms. The summed E-state index contributed by atoms with van der Waals surface area (Å²) in [4.78, 5) is 41.3. The fourth-order valence-corrected chi connectivity index (χ4v) is 3.19. The molecule has 2 N–H and O–H groups in total. The monoisotopic (exact) mass is 332 g/mol. The van der Waals surface area contributed by atoms with E-state index in [0.717, 1.165) is 24.3 Å². The largest absolute Gasteiger partial charge is 0.477 e. The van der Waals surface area contributed by atoms with Crippen LogP contribution in [0.25, 0.3) is 0 Å². The number of rotatable bonds is 4. The highest BCUT2D eigenvalue weighted by atomic mass is 16.5. The molecule has 0 radical (unpaired) electrons. The van der Waals surface area contributed by atoms with Crippen molar-refractivity contribution in [3.63, 3.8) is 0 Å². The normalized spacial score (nSPS) is 19.3. The Balaban J connectivity index is 1.77.